The van der Waals surface area contributed by atoms with Gasteiger partial charge in [0, 0.05) is 13.1 Å². The van der Waals surface area contributed by atoms with Gasteiger partial charge in [0.1, 0.15) is 10.6 Å². The highest BCUT2D eigenvalue weighted by atomic mass is 32.2. The molecule has 0 fully saturated rings. The third-order valence-electron chi connectivity index (χ3n) is 3.17. The van der Waals surface area contributed by atoms with Gasteiger partial charge in [0.25, 0.3) is 0 Å². The van der Waals surface area contributed by atoms with Gasteiger partial charge in [0.2, 0.25) is 10.0 Å². The molecule has 1 aliphatic heterocycles. The zero-order valence-corrected chi connectivity index (χ0v) is 11.2. The molecule has 0 spiro atoms. The molecule has 0 amide bonds. The molecule has 0 radical (unpaired) electrons. The van der Waals surface area contributed by atoms with E-state index < -0.39 is 10.0 Å². The summed E-state index contributed by atoms with van der Waals surface area (Å²) < 4.78 is 25.9. The van der Waals surface area contributed by atoms with Crippen molar-refractivity contribution in [2.75, 3.05) is 13.6 Å². The van der Waals surface area contributed by atoms with Crippen molar-refractivity contribution >= 4 is 10.0 Å². The van der Waals surface area contributed by atoms with Gasteiger partial charge in [-0.3, -0.25) is 9.58 Å². The lowest BCUT2D eigenvalue weighted by Gasteiger charge is -2.24. The Balaban J connectivity index is 2.04. The molecule has 0 saturated heterocycles. The minimum atomic E-state index is -3.73. The van der Waals surface area contributed by atoms with E-state index in [0.717, 1.165) is 31.0 Å². The standard InChI is InChI=1S/C10H14N6O2S/c1-14-2-3-15-10(7-14)9(5-13-15)16-6-8(4-12-16)19(11,17)18/h4-6H,2-3,7H2,1H3,(H2,11,17,18). The maximum absolute atomic E-state index is 11.3. The average Bonchev–Trinajstić information content (AvgIpc) is 2.92. The fourth-order valence-corrected chi connectivity index (χ4v) is 2.57. The number of nitrogens with two attached hydrogens (primary N) is 1. The molecule has 9 heteroatoms. The average molecular weight is 282 g/mol. The molecular formula is C10H14N6O2S. The van der Waals surface area contributed by atoms with Crippen molar-refractivity contribution in [3.63, 3.8) is 0 Å². The molecule has 0 aliphatic carbocycles. The minimum Gasteiger partial charge on any atom is -0.299 e. The van der Waals surface area contributed by atoms with Gasteiger partial charge in [-0.2, -0.15) is 10.2 Å². The Morgan fingerprint density at radius 2 is 2.05 bits per heavy atom. The summed E-state index contributed by atoms with van der Waals surface area (Å²) in [6.07, 6.45) is 4.34. The largest absolute Gasteiger partial charge is 0.299 e. The van der Waals surface area contributed by atoms with Gasteiger partial charge in [-0.05, 0) is 7.05 Å². The molecule has 2 N–H and O–H groups in total. The Hall–Kier alpha value is -1.71. The first-order chi connectivity index (χ1) is 8.95. The Morgan fingerprint density at radius 1 is 1.26 bits per heavy atom. The first kappa shape index (κ1) is 12.3. The van der Waals surface area contributed by atoms with Crippen LogP contribution in [0.5, 0.6) is 0 Å². The van der Waals surface area contributed by atoms with Crippen LogP contribution in [0, 0.1) is 0 Å². The quantitative estimate of drug-likeness (QED) is 0.774. The fourth-order valence-electron chi connectivity index (χ4n) is 2.13. The second-order valence-corrected chi connectivity index (χ2v) is 6.16. The molecule has 102 valence electrons. The maximum Gasteiger partial charge on any atom is 0.241 e. The highest BCUT2D eigenvalue weighted by molar-refractivity contribution is 7.89. The zero-order valence-electron chi connectivity index (χ0n) is 10.4. The number of likely N-dealkylation sites (N-methyl/N-ethyl adjacent to an activating group) is 1. The summed E-state index contributed by atoms with van der Waals surface area (Å²) in [6.45, 7) is 2.50. The van der Waals surface area contributed by atoms with E-state index in [1.54, 1.807) is 6.20 Å². The number of primary sulfonamides is 1. The van der Waals surface area contributed by atoms with E-state index in [1.807, 2.05) is 11.7 Å². The molecule has 3 heterocycles. The second-order valence-electron chi connectivity index (χ2n) is 4.60. The van der Waals surface area contributed by atoms with Crippen LogP contribution in [-0.4, -0.2) is 46.5 Å². The van der Waals surface area contributed by atoms with Crippen molar-refractivity contribution < 1.29 is 8.42 Å². The van der Waals surface area contributed by atoms with Gasteiger partial charge in [-0.1, -0.05) is 0 Å². The highest BCUT2D eigenvalue weighted by Gasteiger charge is 2.20. The lowest BCUT2D eigenvalue weighted by molar-refractivity contribution is 0.258. The van der Waals surface area contributed by atoms with E-state index in [1.165, 1.54) is 17.1 Å². The van der Waals surface area contributed by atoms with Crippen LogP contribution in [0.3, 0.4) is 0 Å². The molecule has 2 aromatic rings. The number of fused-ring (bicyclic) bond motifs is 1. The predicted molar refractivity (Wildman–Crippen MR) is 67.1 cm³/mol. The van der Waals surface area contributed by atoms with Crippen molar-refractivity contribution in [2.45, 2.75) is 18.0 Å². The normalized spacial score (nSPS) is 16.5. The Kier molecular flexibility index (Phi) is 2.69. The molecule has 2 aromatic heterocycles. The van der Waals surface area contributed by atoms with Crippen molar-refractivity contribution in [1.82, 2.24) is 24.5 Å². The molecule has 0 unspecified atom stereocenters. The van der Waals surface area contributed by atoms with Crippen LogP contribution in [0.2, 0.25) is 0 Å². The van der Waals surface area contributed by atoms with Gasteiger partial charge >= 0.3 is 0 Å². The molecule has 0 atom stereocenters. The van der Waals surface area contributed by atoms with Crippen LogP contribution in [0.25, 0.3) is 5.69 Å². The smallest absolute Gasteiger partial charge is 0.241 e. The van der Waals surface area contributed by atoms with Crippen molar-refractivity contribution in [2.24, 2.45) is 5.14 Å². The fraction of sp³-hybridized carbons (Fsp3) is 0.400. The van der Waals surface area contributed by atoms with Crippen LogP contribution in [0.15, 0.2) is 23.5 Å². The summed E-state index contributed by atoms with van der Waals surface area (Å²) in [5.41, 5.74) is 1.79. The second kappa shape index (κ2) is 4.15. The van der Waals surface area contributed by atoms with Crippen LogP contribution in [0.1, 0.15) is 5.69 Å². The minimum absolute atomic E-state index is 0.00314. The molecule has 1 aliphatic rings. The highest BCUT2D eigenvalue weighted by Crippen LogP contribution is 2.19. The Morgan fingerprint density at radius 3 is 2.74 bits per heavy atom. The van der Waals surface area contributed by atoms with E-state index in [4.69, 9.17) is 5.14 Å². The predicted octanol–water partition coefficient (Wildman–Crippen LogP) is -0.838. The van der Waals surface area contributed by atoms with Crippen LogP contribution >= 0.6 is 0 Å². The summed E-state index contributed by atoms with van der Waals surface area (Å²) in [5, 5.41) is 13.4. The summed E-state index contributed by atoms with van der Waals surface area (Å²) in [6, 6.07) is 0. The van der Waals surface area contributed by atoms with Crippen LogP contribution in [0.4, 0.5) is 0 Å². The summed E-state index contributed by atoms with van der Waals surface area (Å²) in [5.74, 6) is 0. The Bertz CT molecular complexity index is 716. The monoisotopic (exact) mass is 282 g/mol. The van der Waals surface area contributed by atoms with E-state index >= 15 is 0 Å². The number of hydrogen-bond acceptors (Lipinski definition) is 5. The van der Waals surface area contributed by atoms with Gasteiger partial charge in [-0.25, -0.2) is 18.2 Å². The van der Waals surface area contributed by atoms with Gasteiger partial charge in [-0.15, -0.1) is 0 Å². The summed E-state index contributed by atoms with van der Waals surface area (Å²) >= 11 is 0. The van der Waals surface area contributed by atoms with Gasteiger partial charge in [0.15, 0.2) is 0 Å². The molecule has 19 heavy (non-hydrogen) atoms. The lowest BCUT2D eigenvalue weighted by atomic mass is 10.3. The number of nitrogens with zero attached hydrogens (tertiary/aromatic N) is 5. The summed E-state index contributed by atoms with van der Waals surface area (Å²) in [4.78, 5) is 2.17. The number of rotatable bonds is 2. The number of hydrogen-bond donors (Lipinski definition) is 1. The van der Waals surface area contributed by atoms with Crippen molar-refractivity contribution in [1.29, 1.82) is 0 Å². The zero-order chi connectivity index (χ0) is 13.6. The van der Waals surface area contributed by atoms with Crippen LogP contribution < -0.4 is 5.14 Å². The number of sulfonamides is 1. The first-order valence-electron chi connectivity index (χ1n) is 5.76. The summed E-state index contributed by atoms with van der Waals surface area (Å²) in [7, 11) is -1.70. The molecule has 0 aromatic carbocycles. The Labute approximate surface area is 110 Å². The first-order valence-corrected chi connectivity index (χ1v) is 7.31. The van der Waals surface area contributed by atoms with Crippen LogP contribution in [-0.2, 0) is 23.1 Å². The van der Waals surface area contributed by atoms with Gasteiger partial charge in [0.05, 0.1) is 30.8 Å². The van der Waals surface area contributed by atoms with Crippen molar-refractivity contribution in [3.05, 3.63) is 24.3 Å². The van der Waals surface area contributed by atoms with E-state index in [-0.39, 0.29) is 4.90 Å². The van der Waals surface area contributed by atoms with Crippen molar-refractivity contribution in [3.8, 4) is 5.69 Å². The SMILES string of the molecule is CN1CCn2ncc(-n3cc(S(N)(=O)=O)cn3)c2C1. The molecule has 3 rings (SSSR count). The van der Waals surface area contributed by atoms with E-state index in [2.05, 4.69) is 15.1 Å². The number of aromatic nitrogens is 4. The van der Waals surface area contributed by atoms with E-state index in [9.17, 15) is 8.42 Å². The lowest BCUT2D eigenvalue weighted by Crippen LogP contribution is -2.31. The molecule has 0 saturated carbocycles. The van der Waals surface area contributed by atoms with E-state index in [0.29, 0.717) is 0 Å². The molecule has 8 nitrogen and oxygen atoms in total. The molecule has 0 bridgehead atoms. The topological polar surface area (TPSA) is 99.0 Å². The van der Waals surface area contributed by atoms with Gasteiger partial charge < -0.3 is 0 Å². The molecular weight excluding hydrogens is 268 g/mol. The third-order valence-corrected chi connectivity index (χ3v) is 4.04. The maximum atomic E-state index is 11.3. The third kappa shape index (κ3) is 2.15.